The molecule has 0 aliphatic carbocycles. The van der Waals surface area contributed by atoms with Crippen molar-refractivity contribution < 1.29 is 14.0 Å². The Bertz CT molecular complexity index is 1450. The third kappa shape index (κ3) is 5.02. The van der Waals surface area contributed by atoms with E-state index in [9.17, 15) is 9.59 Å². The molecule has 2 heterocycles. The van der Waals surface area contributed by atoms with E-state index in [1.165, 1.54) is 18.3 Å². The van der Waals surface area contributed by atoms with E-state index in [2.05, 4.69) is 22.2 Å². The highest BCUT2D eigenvalue weighted by molar-refractivity contribution is 6.48. The average Bonchev–Trinajstić information content (AvgIpc) is 3.33. The van der Waals surface area contributed by atoms with E-state index in [0.29, 0.717) is 41.2 Å². The number of pyridine rings is 1. The Morgan fingerprint density at radius 3 is 2.57 bits per heavy atom. The second-order valence-electron chi connectivity index (χ2n) is 8.61. The highest BCUT2D eigenvalue weighted by Crippen LogP contribution is 2.35. The highest BCUT2D eigenvalue weighted by Gasteiger charge is 2.26. The van der Waals surface area contributed by atoms with Gasteiger partial charge in [-0.3, -0.25) is 20.0 Å². The molecule has 0 spiro atoms. The van der Waals surface area contributed by atoms with Crippen LogP contribution in [0, 0.1) is 23.6 Å². The van der Waals surface area contributed by atoms with Crippen LogP contribution in [0.1, 0.15) is 29.7 Å². The van der Waals surface area contributed by atoms with Crippen molar-refractivity contribution in [3.63, 3.8) is 0 Å². The van der Waals surface area contributed by atoms with Crippen LogP contribution >= 0.6 is 0 Å². The van der Waals surface area contributed by atoms with E-state index in [0.717, 1.165) is 6.42 Å². The number of rotatable bonds is 8. The van der Waals surface area contributed by atoms with Gasteiger partial charge in [0.15, 0.2) is 0 Å². The van der Waals surface area contributed by atoms with Gasteiger partial charge in [-0.15, -0.1) is 0 Å². The number of halogens is 1. The van der Waals surface area contributed by atoms with Crippen molar-refractivity contribution in [1.29, 1.82) is 10.8 Å². The minimum absolute atomic E-state index is 0.000440. The van der Waals surface area contributed by atoms with Gasteiger partial charge in [0.1, 0.15) is 11.5 Å². The lowest BCUT2D eigenvalue weighted by atomic mass is 9.92. The second-order valence-corrected chi connectivity index (χ2v) is 8.61. The van der Waals surface area contributed by atoms with Crippen LogP contribution in [0.4, 0.5) is 21.5 Å². The van der Waals surface area contributed by atoms with Crippen molar-refractivity contribution in [2.24, 2.45) is 0 Å². The first-order valence-corrected chi connectivity index (χ1v) is 11.7. The summed E-state index contributed by atoms with van der Waals surface area (Å²) in [6, 6.07) is 11.4. The smallest absolute Gasteiger partial charge is 0.274 e. The Labute approximate surface area is 214 Å². The third-order valence-corrected chi connectivity index (χ3v) is 6.22. The molecule has 1 aliphatic heterocycles. The van der Waals surface area contributed by atoms with Crippen molar-refractivity contribution in [1.82, 2.24) is 4.98 Å². The number of nitrogens with zero attached hydrogens (tertiary/aromatic N) is 2. The largest absolute Gasteiger partial charge is 0.387 e. The van der Waals surface area contributed by atoms with Crippen LogP contribution in [0.3, 0.4) is 0 Å². The summed E-state index contributed by atoms with van der Waals surface area (Å²) in [6.07, 6.45) is 4.09. The van der Waals surface area contributed by atoms with E-state index in [-0.39, 0.29) is 28.4 Å². The molecule has 0 unspecified atom stereocenters. The topological polar surface area (TPSA) is 122 Å². The minimum atomic E-state index is -0.778. The molecule has 1 aliphatic rings. The number of amides is 2. The number of hydrogen-bond donors (Lipinski definition) is 4. The molecule has 2 amide bonds. The third-order valence-electron chi connectivity index (χ3n) is 6.22. The van der Waals surface area contributed by atoms with Crippen molar-refractivity contribution in [3.8, 4) is 11.1 Å². The predicted molar refractivity (Wildman–Crippen MR) is 144 cm³/mol. The molecular formula is C28H27FN6O2. The molecule has 9 heteroatoms. The lowest BCUT2D eigenvalue weighted by Gasteiger charge is -2.20. The van der Waals surface area contributed by atoms with Gasteiger partial charge in [-0.2, -0.15) is 0 Å². The molecule has 3 aromatic rings. The fourth-order valence-corrected chi connectivity index (χ4v) is 4.36. The van der Waals surface area contributed by atoms with E-state index >= 15 is 4.39 Å². The Morgan fingerprint density at radius 2 is 1.92 bits per heavy atom. The molecule has 1 saturated heterocycles. The number of aryl methyl sites for hydroxylation is 1. The van der Waals surface area contributed by atoms with Crippen molar-refractivity contribution in [2.75, 3.05) is 29.1 Å². The number of anilines is 3. The predicted octanol–water partition coefficient (Wildman–Crippen LogP) is 4.93. The molecule has 0 atom stereocenters. The molecule has 0 bridgehead atoms. The van der Waals surface area contributed by atoms with Crippen molar-refractivity contribution in [3.05, 3.63) is 84.0 Å². The maximum absolute atomic E-state index is 16.1. The molecule has 2 aromatic carbocycles. The maximum atomic E-state index is 16.1. The van der Waals surface area contributed by atoms with E-state index in [1.807, 2.05) is 0 Å². The van der Waals surface area contributed by atoms with Gasteiger partial charge >= 0.3 is 0 Å². The molecule has 1 aromatic heterocycles. The molecule has 37 heavy (non-hydrogen) atoms. The first kappa shape index (κ1) is 25.4. The van der Waals surface area contributed by atoms with Gasteiger partial charge in [-0.25, -0.2) is 4.39 Å². The number of carbonyl (C=O) groups excluding carboxylic acids is 2. The van der Waals surface area contributed by atoms with Crippen LogP contribution in [-0.4, -0.2) is 41.8 Å². The SMILES string of the molecule is C=CC(=N)c1cc(N2CCCC2=O)ccc1-c1ccc(NC)c(C(=N)C(=O)Nc2ccnc(C)c2)c1F. The van der Waals surface area contributed by atoms with Crippen molar-refractivity contribution >= 4 is 40.3 Å². The summed E-state index contributed by atoms with van der Waals surface area (Å²) in [4.78, 5) is 30.9. The van der Waals surface area contributed by atoms with E-state index in [1.54, 1.807) is 55.3 Å². The number of hydrogen-bond acceptors (Lipinski definition) is 6. The Hall–Kier alpha value is -4.66. The van der Waals surface area contributed by atoms with Gasteiger partial charge in [-0.05, 0) is 61.4 Å². The monoisotopic (exact) mass is 498 g/mol. The normalized spacial score (nSPS) is 12.8. The highest BCUT2D eigenvalue weighted by atomic mass is 19.1. The molecule has 188 valence electrons. The Morgan fingerprint density at radius 1 is 1.16 bits per heavy atom. The van der Waals surface area contributed by atoms with Crippen LogP contribution in [0.25, 0.3) is 11.1 Å². The number of allylic oxidation sites excluding steroid dienone is 1. The molecular weight excluding hydrogens is 471 g/mol. The minimum Gasteiger partial charge on any atom is -0.387 e. The van der Waals surface area contributed by atoms with Gasteiger partial charge in [0.25, 0.3) is 5.91 Å². The second kappa shape index (κ2) is 10.5. The number of carbonyl (C=O) groups is 2. The van der Waals surface area contributed by atoms with Gasteiger partial charge < -0.3 is 20.9 Å². The summed E-state index contributed by atoms with van der Waals surface area (Å²) in [7, 11) is 1.58. The van der Waals surface area contributed by atoms with Crippen LogP contribution in [0.5, 0.6) is 0 Å². The van der Waals surface area contributed by atoms with Gasteiger partial charge in [-0.1, -0.05) is 12.6 Å². The lowest BCUT2D eigenvalue weighted by Crippen LogP contribution is -2.25. The molecule has 0 radical (unpaired) electrons. The maximum Gasteiger partial charge on any atom is 0.274 e. The fourth-order valence-electron chi connectivity index (χ4n) is 4.36. The molecule has 0 saturated carbocycles. The average molecular weight is 499 g/mol. The van der Waals surface area contributed by atoms with Crippen LogP contribution in [0.2, 0.25) is 0 Å². The first-order valence-electron chi connectivity index (χ1n) is 11.7. The first-order chi connectivity index (χ1) is 17.7. The van der Waals surface area contributed by atoms with Crippen molar-refractivity contribution in [2.45, 2.75) is 19.8 Å². The van der Waals surface area contributed by atoms with Gasteiger partial charge in [0, 0.05) is 60.1 Å². The summed E-state index contributed by atoms with van der Waals surface area (Å²) in [5, 5.41) is 22.4. The van der Waals surface area contributed by atoms with E-state index in [4.69, 9.17) is 10.8 Å². The summed E-state index contributed by atoms with van der Waals surface area (Å²) in [6.45, 7) is 6.03. The summed E-state index contributed by atoms with van der Waals surface area (Å²) >= 11 is 0. The quantitative estimate of drug-likeness (QED) is 0.329. The standard InChI is InChI=1S/C28H27FN6O2/c1-4-22(30)21-15-18(35-13-5-6-24(35)36)7-8-19(21)20-9-10-23(32-3)25(26(20)29)27(31)28(37)34-17-11-12-33-16(2)14-17/h4,7-12,14-15,30-32H,1,5-6,13H2,2-3H3,(H,33,34,37). The fraction of sp³-hybridized carbons (Fsp3) is 0.179. The number of benzene rings is 2. The Balaban J connectivity index is 1.78. The zero-order valence-corrected chi connectivity index (χ0v) is 20.6. The molecule has 4 N–H and O–H groups in total. The van der Waals surface area contributed by atoms with Gasteiger partial charge in [0.05, 0.1) is 11.3 Å². The Kier molecular flexibility index (Phi) is 7.24. The molecule has 1 fully saturated rings. The van der Waals surface area contributed by atoms with E-state index < -0.39 is 17.4 Å². The lowest BCUT2D eigenvalue weighted by molar-refractivity contribution is -0.117. The van der Waals surface area contributed by atoms with Crippen LogP contribution in [-0.2, 0) is 9.59 Å². The number of aromatic nitrogens is 1. The summed E-state index contributed by atoms with van der Waals surface area (Å²) in [5.74, 6) is -1.55. The molecule has 4 rings (SSSR count). The number of nitrogens with one attached hydrogen (secondary N) is 4. The summed E-state index contributed by atoms with van der Waals surface area (Å²) < 4.78 is 16.1. The van der Waals surface area contributed by atoms with Crippen LogP contribution in [0.15, 0.2) is 61.3 Å². The zero-order valence-electron chi connectivity index (χ0n) is 20.6. The van der Waals surface area contributed by atoms with Crippen LogP contribution < -0.4 is 15.5 Å². The van der Waals surface area contributed by atoms with Gasteiger partial charge in [0.2, 0.25) is 5.91 Å². The zero-order chi connectivity index (χ0) is 26.7. The summed E-state index contributed by atoms with van der Waals surface area (Å²) in [5.41, 5.74) is 2.22. The molecule has 8 nitrogen and oxygen atoms in total.